The van der Waals surface area contributed by atoms with Gasteiger partial charge in [0.1, 0.15) is 0 Å². The third-order valence-corrected chi connectivity index (χ3v) is 3.32. The SMILES string of the molecule is COc1cccc(/C=N\NC(=O)C(=O)Nc2ccc(C)cc2)c1OC(F)F. The Hall–Kier alpha value is -3.49. The van der Waals surface area contributed by atoms with E-state index in [1.54, 1.807) is 24.3 Å². The number of alkyl halides is 2. The van der Waals surface area contributed by atoms with E-state index in [-0.39, 0.29) is 17.1 Å². The summed E-state index contributed by atoms with van der Waals surface area (Å²) in [6.07, 6.45) is 1.07. The predicted molar refractivity (Wildman–Crippen MR) is 95.2 cm³/mol. The Balaban J connectivity index is 2.02. The van der Waals surface area contributed by atoms with Crippen LogP contribution in [0.25, 0.3) is 0 Å². The maximum atomic E-state index is 12.6. The van der Waals surface area contributed by atoms with Gasteiger partial charge < -0.3 is 14.8 Å². The number of rotatable bonds is 6. The van der Waals surface area contributed by atoms with Crippen LogP contribution in [0.15, 0.2) is 47.6 Å². The molecule has 2 amide bonds. The predicted octanol–water partition coefficient (Wildman–Crippen LogP) is 2.69. The van der Waals surface area contributed by atoms with E-state index >= 15 is 0 Å². The van der Waals surface area contributed by atoms with Crippen molar-refractivity contribution in [1.29, 1.82) is 0 Å². The number of halogens is 2. The lowest BCUT2D eigenvalue weighted by Crippen LogP contribution is -2.32. The summed E-state index contributed by atoms with van der Waals surface area (Å²) in [5.41, 5.74) is 3.60. The fourth-order valence-electron chi connectivity index (χ4n) is 2.05. The number of methoxy groups -OCH3 is 1. The van der Waals surface area contributed by atoms with Gasteiger partial charge in [0, 0.05) is 11.3 Å². The highest BCUT2D eigenvalue weighted by molar-refractivity contribution is 6.39. The van der Waals surface area contributed by atoms with E-state index in [1.165, 1.54) is 25.3 Å². The largest absolute Gasteiger partial charge is 0.493 e. The molecule has 0 aliphatic rings. The first-order chi connectivity index (χ1) is 12.9. The Labute approximate surface area is 154 Å². The molecule has 7 nitrogen and oxygen atoms in total. The van der Waals surface area contributed by atoms with E-state index in [0.29, 0.717) is 5.69 Å². The van der Waals surface area contributed by atoms with Crippen molar-refractivity contribution in [3.8, 4) is 11.5 Å². The van der Waals surface area contributed by atoms with Crippen molar-refractivity contribution < 1.29 is 27.8 Å². The summed E-state index contributed by atoms with van der Waals surface area (Å²) in [5.74, 6) is -2.11. The van der Waals surface area contributed by atoms with Crippen LogP contribution >= 0.6 is 0 Å². The van der Waals surface area contributed by atoms with Crippen LogP contribution in [0.5, 0.6) is 11.5 Å². The molecule has 2 aromatic rings. The Morgan fingerprint density at radius 1 is 1.11 bits per heavy atom. The van der Waals surface area contributed by atoms with Crippen molar-refractivity contribution in [2.24, 2.45) is 5.10 Å². The average Bonchev–Trinajstić information content (AvgIpc) is 2.64. The maximum absolute atomic E-state index is 12.6. The lowest BCUT2D eigenvalue weighted by Gasteiger charge is -2.11. The third-order valence-electron chi connectivity index (χ3n) is 3.32. The van der Waals surface area contributed by atoms with Gasteiger partial charge in [-0.15, -0.1) is 0 Å². The number of aryl methyl sites for hydroxylation is 1. The molecule has 0 aromatic heterocycles. The standard InChI is InChI=1S/C18H17F2N3O4/c1-11-6-8-13(9-7-11)22-16(24)17(25)23-21-10-12-4-3-5-14(26-2)15(12)27-18(19)20/h3-10,18H,1-2H3,(H,22,24)(H,23,25)/b21-10-. The number of hydrazone groups is 1. The minimum atomic E-state index is -3.07. The van der Waals surface area contributed by atoms with E-state index in [2.05, 4.69) is 15.2 Å². The fraction of sp³-hybridized carbons (Fsp3) is 0.167. The van der Waals surface area contributed by atoms with Gasteiger partial charge in [-0.05, 0) is 31.2 Å². The summed E-state index contributed by atoms with van der Waals surface area (Å²) in [7, 11) is 1.30. The molecule has 2 rings (SSSR count). The number of anilines is 1. The van der Waals surface area contributed by atoms with Gasteiger partial charge in [-0.25, -0.2) is 5.43 Å². The number of carbonyl (C=O) groups excluding carboxylic acids is 2. The first-order valence-electron chi connectivity index (χ1n) is 7.73. The van der Waals surface area contributed by atoms with Crippen molar-refractivity contribution in [3.63, 3.8) is 0 Å². The van der Waals surface area contributed by atoms with Crippen molar-refractivity contribution in [2.45, 2.75) is 13.5 Å². The van der Waals surface area contributed by atoms with Crippen molar-refractivity contribution in [3.05, 3.63) is 53.6 Å². The lowest BCUT2D eigenvalue weighted by atomic mass is 10.2. The molecule has 2 N–H and O–H groups in total. The van der Waals surface area contributed by atoms with Crippen molar-refractivity contribution in [2.75, 3.05) is 12.4 Å². The van der Waals surface area contributed by atoms with Gasteiger partial charge in [0.25, 0.3) is 0 Å². The minimum Gasteiger partial charge on any atom is -0.493 e. The van der Waals surface area contributed by atoms with Gasteiger partial charge in [-0.2, -0.15) is 13.9 Å². The topological polar surface area (TPSA) is 89.0 Å². The summed E-state index contributed by atoms with van der Waals surface area (Å²) >= 11 is 0. The normalized spacial score (nSPS) is 10.7. The van der Waals surface area contributed by atoms with Crippen LogP contribution < -0.4 is 20.2 Å². The molecule has 0 radical (unpaired) electrons. The van der Waals surface area contributed by atoms with Gasteiger partial charge in [-0.3, -0.25) is 9.59 Å². The van der Waals surface area contributed by atoms with Crippen LogP contribution in [-0.4, -0.2) is 31.8 Å². The van der Waals surface area contributed by atoms with Gasteiger partial charge >= 0.3 is 18.4 Å². The number of ether oxygens (including phenoxy) is 2. The molecule has 142 valence electrons. The highest BCUT2D eigenvalue weighted by Gasteiger charge is 2.15. The molecule has 0 atom stereocenters. The number of hydrogen-bond acceptors (Lipinski definition) is 5. The monoisotopic (exact) mass is 377 g/mol. The molecule has 0 unspecified atom stereocenters. The number of benzene rings is 2. The molecule has 0 aliphatic heterocycles. The second-order valence-electron chi connectivity index (χ2n) is 5.28. The molecule has 0 bridgehead atoms. The summed E-state index contributed by atoms with van der Waals surface area (Å²) in [6, 6.07) is 11.2. The Bertz CT molecular complexity index is 839. The van der Waals surface area contributed by atoms with E-state index in [9.17, 15) is 18.4 Å². The highest BCUT2D eigenvalue weighted by Crippen LogP contribution is 2.31. The Morgan fingerprint density at radius 2 is 1.81 bits per heavy atom. The zero-order valence-corrected chi connectivity index (χ0v) is 14.5. The first kappa shape index (κ1) is 19.8. The van der Waals surface area contributed by atoms with Crippen LogP contribution in [0, 0.1) is 6.92 Å². The van der Waals surface area contributed by atoms with Crippen LogP contribution in [0.2, 0.25) is 0 Å². The van der Waals surface area contributed by atoms with Crippen LogP contribution in [-0.2, 0) is 9.59 Å². The van der Waals surface area contributed by atoms with Crippen LogP contribution in [0.3, 0.4) is 0 Å². The number of hydrogen-bond donors (Lipinski definition) is 2. The van der Waals surface area contributed by atoms with E-state index in [0.717, 1.165) is 11.8 Å². The molecule has 9 heteroatoms. The van der Waals surface area contributed by atoms with E-state index in [4.69, 9.17) is 4.74 Å². The molecule has 0 saturated heterocycles. The molecule has 0 heterocycles. The Kier molecular flexibility index (Phi) is 6.81. The van der Waals surface area contributed by atoms with Crippen molar-refractivity contribution in [1.82, 2.24) is 5.43 Å². The van der Waals surface area contributed by atoms with Gasteiger partial charge in [-0.1, -0.05) is 23.8 Å². The van der Waals surface area contributed by atoms with Gasteiger partial charge in [0.2, 0.25) is 0 Å². The number of nitrogens with zero attached hydrogens (tertiary/aromatic N) is 1. The molecular weight excluding hydrogens is 360 g/mol. The second-order valence-corrected chi connectivity index (χ2v) is 5.28. The van der Waals surface area contributed by atoms with Gasteiger partial charge in [0.15, 0.2) is 11.5 Å². The molecule has 0 spiro atoms. The molecule has 0 saturated carbocycles. The van der Waals surface area contributed by atoms with E-state index in [1.807, 2.05) is 12.3 Å². The van der Waals surface area contributed by atoms with Crippen LogP contribution in [0.1, 0.15) is 11.1 Å². The third kappa shape index (κ3) is 5.77. The summed E-state index contributed by atoms with van der Waals surface area (Å²) in [6.45, 7) is -1.18. The maximum Gasteiger partial charge on any atom is 0.387 e. The second kappa shape index (κ2) is 9.27. The fourth-order valence-corrected chi connectivity index (χ4v) is 2.05. The number of amides is 2. The smallest absolute Gasteiger partial charge is 0.387 e. The summed E-state index contributed by atoms with van der Waals surface area (Å²) in [4.78, 5) is 23.6. The van der Waals surface area contributed by atoms with Crippen molar-refractivity contribution >= 4 is 23.7 Å². The van der Waals surface area contributed by atoms with E-state index < -0.39 is 18.4 Å². The first-order valence-corrected chi connectivity index (χ1v) is 7.73. The lowest BCUT2D eigenvalue weighted by molar-refractivity contribution is -0.136. The molecular formula is C18H17F2N3O4. The number of para-hydroxylation sites is 1. The average molecular weight is 377 g/mol. The molecule has 27 heavy (non-hydrogen) atoms. The zero-order chi connectivity index (χ0) is 19.8. The molecule has 0 aliphatic carbocycles. The number of nitrogens with one attached hydrogen (secondary N) is 2. The highest BCUT2D eigenvalue weighted by atomic mass is 19.3. The summed E-state index contributed by atoms with van der Waals surface area (Å²) in [5, 5.41) is 6.00. The molecule has 2 aromatic carbocycles. The minimum absolute atomic E-state index is 0.0719. The zero-order valence-electron chi connectivity index (χ0n) is 14.5. The molecule has 0 fully saturated rings. The summed E-state index contributed by atoms with van der Waals surface area (Å²) < 4.78 is 34.5. The number of carbonyl (C=O) groups is 2. The quantitative estimate of drug-likeness (QED) is 0.460. The Morgan fingerprint density at radius 3 is 2.44 bits per heavy atom. The van der Waals surface area contributed by atoms with Gasteiger partial charge in [0.05, 0.1) is 13.3 Å². The van der Waals surface area contributed by atoms with Crippen LogP contribution in [0.4, 0.5) is 14.5 Å².